The molecule has 1 aliphatic heterocycles. The Morgan fingerprint density at radius 3 is 2.38 bits per heavy atom. The quantitative estimate of drug-likeness (QED) is 0.676. The summed E-state index contributed by atoms with van der Waals surface area (Å²) in [6, 6.07) is 14.0. The minimum atomic E-state index is -0.0118. The molecule has 1 amide bonds. The zero-order valence-electron chi connectivity index (χ0n) is 16.2. The maximum atomic E-state index is 12.8. The van der Waals surface area contributed by atoms with Crippen LogP contribution in [0.4, 0.5) is 0 Å². The molecule has 0 unspecified atom stereocenters. The van der Waals surface area contributed by atoms with Crippen molar-refractivity contribution in [1.82, 2.24) is 24.8 Å². The predicted molar refractivity (Wildman–Crippen MR) is 113 cm³/mol. The van der Waals surface area contributed by atoms with Gasteiger partial charge in [0, 0.05) is 63.1 Å². The summed E-state index contributed by atoms with van der Waals surface area (Å²) in [4.78, 5) is 29.7. The van der Waals surface area contributed by atoms with E-state index in [1.165, 1.54) is 5.56 Å². The summed E-state index contributed by atoms with van der Waals surface area (Å²) in [6.07, 6.45) is 10.9. The van der Waals surface area contributed by atoms with Gasteiger partial charge >= 0.3 is 0 Å². The lowest BCUT2D eigenvalue weighted by Gasteiger charge is -2.34. The lowest BCUT2D eigenvalue weighted by atomic mass is 10.2. The van der Waals surface area contributed by atoms with Crippen LogP contribution in [0.3, 0.4) is 0 Å². The fraction of sp³-hybridized carbons (Fsp3) is 0.217. The van der Waals surface area contributed by atoms with Crippen LogP contribution in [0.1, 0.15) is 15.9 Å². The molecule has 1 saturated heterocycles. The van der Waals surface area contributed by atoms with Gasteiger partial charge in [-0.05, 0) is 17.7 Å². The van der Waals surface area contributed by atoms with E-state index in [0.29, 0.717) is 24.5 Å². The Morgan fingerprint density at radius 1 is 0.931 bits per heavy atom. The molecule has 0 radical (unpaired) electrons. The molecule has 0 spiro atoms. The first-order chi connectivity index (χ1) is 14.3. The molecular weight excluding hydrogens is 362 g/mol. The van der Waals surface area contributed by atoms with Gasteiger partial charge < -0.3 is 4.90 Å². The number of benzene rings is 1. The molecule has 3 heterocycles. The van der Waals surface area contributed by atoms with E-state index in [4.69, 9.17) is 0 Å². The second kappa shape index (κ2) is 9.21. The maximum Gasteiger partial charge on any atom is 0.257 e. The van der Waals surface area contributed by atoms with Crippen molar-refractivity contribution in [2.45, 2.75) is 0 Å². The lowest BCUT2D eigenvalue weighted by Crippen LogP contribution is -2.48. The van der Waals surface area contributed by atoms with E-state index in [0.717, 1.165) is 25.2 Å². The summed E-state index contributed by atoms with van der Waals surface area (Å²) in [7, 11) is 0. The molecule has 1 aromatic carbocycles. The average Bonchev–Trinajstić information content (AvgIpc) is 2.80. The summed E-state index contributed by atoms with van der Waals surface area (Å²) < 4.78 is 0. The Hall–Kier alpha value is -3.38. The highest BCUT2D eigenvalue weighted by Gasteiger charge is 2.22. The Labute approximate surface area is 170 Å². The molecule has 1 fully saturated rings. The van der Waals surface area contributed by atoms with Crippen molar-refractivity contribution in [3.05, 3.63) is 84.5 Å². The maximum absolute atomic E-state index is 12.8. The van der Waals surface area contributed by atoms with Crippen molar-refractivity contribution >= 4 is 12.0 Å². The number of aromatic nitrogens is 3. The molecule has 0 aliphatic carbocycles. The van der Waals surface area contributed by atoms with E-state index in [1.807, 2.05) is 35.2 Å². The summed E-state index contributed by atoms with van der Waals surface area (Å²) >= 11 is 0. The predicted octanol–water partition coefficient (Wildman–Crippen LogP) is 3.01. The fourth-order valence-electron chi connectivity index (χ4n) is 3.30. The van der Waals surface area contributed by atoms with Gasteiger partial charge in [-0.25, -0.2) is 9.97 Å². The largest absolute Gasteiger partial charge is 0.336 e. The number of hydrogen-bond donors (Lipinski definition) is 0. The Balaban J connectivity index is 1.29. The normalized spacial score (nSPS) is 15.0. The topological polar surface area (TPSA) is 62.2 Å². The highest BCUT2D eigenvalue weighted by atomic mass is 16.2. The van der Waals surface area contributed by atoms with Gasteiger partial charge in [0.25, 0.3) is 5.91 Å². The minimum absolute atomic E-state index is 0.0118. The van der Waals surface area contributed by atoms with Crippen molar-refractivity contribution in [1.29, 1.82) is 0 Å². The number of carbonyl (C=O) groups excluding carboxylic acids is 1. The van der Waals surface area contributed by atoms with Gasteiger partial charge in [-0.15, -0.1) is 0 Å². The number of piperazine rings is 1. The molecule has 0 atom stereocenters. The summed E-state index contributed by atoms with van der Waals surface area (Å²) in [6.45, 7) is 4.03. The van der Waals surface area contributed by atoms with Gasteiger partial charge in [0.2, 0.25) is 0 Å². The second-order valence-electron chi connectivity index (χ2n) is 6.94. The molecular formula is C23H23N5O. The number of hydrogen-bond acceptors (Lipinski definition) is 5. The molecule has 0 N–H and O–H groups in total. The van der Waals surface area contributed by atoms with Crippen LogP contribution in [0.5, 0.6) is 0 Å². The third-order valence-electron chi connectivity index (χ3n) is 4.95. The van der Waals surface area contributed by atoms with Crippen LogP contribution in [0.15, 0.2) is 73.3 Å². The van der Waals surface area contributed by atoms with E-state index >= 15 is 0 Å². The lowest BCUT2D eigenvalue weighted by molar-refractivity contribution is 0.0649. The number of pyridine rings is 1. The van der Waals surface area contributed by atoms with Crippen LogP contribution in [-0.4, -0.2) is 63.4 Å². The molecule has 3 aromatic rings. The highest BCUT2D eigenvalue weighted by molar-refractivity contribution is 5.93. The van der Waals surface area contributed by atoms with Gasteiger partial charge in [-0.3, -0.25) is 14.7 Å². The van der Waals surface area contributed by atoms with E-state index in [9.17, 15) is 4.79 Å². The standard InChI is InChI=1S/C23H23N5O/c29-23(21-17-25-22(26-18-21)20-9-4-10-24-16-20)28-14-12-27(13-15-28)11-5-8-19-6-2-1-3-7-19/h1-10,16-18H,11-15H2. The van der Waals surface area contributed by atoms with E-state index in [2.05, 4.69) is 44.1 Å². The monoisotopic (exact) mass is 385 g/mol. The van der Waals surface area contributed by atoms with Crippen molar-refractivity contribution in [2.75, 3.05) is 32.7 Å². The van der Waals surface area contributed by atoms with Gasteiger partial charge in [0.15, 0.2) is 5.82 Å². The van der Waals surface area contributed by atoms with Crippen LogP contribution < -0.4 is 0 Å². The highest BCUT2D eigenvalue weighted by Crippen LogP contribution is 2.14. The van der Waals surface area contributed by atoms with Crippen LogP contribution >= 0.6 is 0 Å². The first-order valence-corrected chi connectivity index (χ1v) is 9.75. The third kappa shape index (κ3) is 4.92. The molecule has 0 bridgehead atoms. The van der Waals surface area contributed by atoms with Crippen molar-refractivity contribution in [3.8, 4) is 11.4 Å². The molecule has 0 saturated carbocycles. The Kier molecular flexibility index (Phi) is 6.02. The number of rotatable bonds is 5. The number of nitrogens with zero attached hydrogens (tertiary/aromatic N) is 5. The van der Waals surface area contributed by atoms with Crippen LogP contribution in [0.2, 0.25) is 0 Å². The van der Waals surface area contributed by atoms with Crippen LogP contribution in [0, 0.1) is 0 Å². The summed E-state index contributed by atoms with van der Waals surface area (Å²) in [5.41, 5.74) is 2.56. The van der Waals surface area contributed by atoms with Gasteiger partial charge in [0.1, 0.15) is 0 Å². The summed E-state index contributed by atoms with van der Waals surface area (Å²) in [5, 5.41) is 0. The van der Waals surface area contributed by atoms with Gasteiger partial charge in [0.05, 0.1) is 5.56 Å². The van der Waals surface area contributed by atoms with Crippen molar-refractivity contribution in [2.24, 2.45) is 0 Å². The third-order valence-corrected chi connectivity index (χ3v) is 4.95. The number of amides is 1. The minimum Gasteiger partial charge on any atom is -0.336 e. The Morgan fingerprint density at radius 2 is 1.69 bits per heavy atom. The second-order valence-corrected chi connectivity index (χ2v) is 6.94. The first-order valence-electron chi connectivity index (χ1n) is 9.75. The van der Waals surface area contributed by atoms with Gasteiger partial charge in [-0.1, -0.05) is 42.5 Å². The Bertz CT molecular complexity index is 950. The summed E-state index contributed by atoms with van der Waals surface area (Å²) in [5.74, 6) is 0.562. The SMILES string of the molecule is O=C(c1cnc(-c2cccnc2)nc1)N1CCN(CC=Cc2ccccc2)CC1. The number of carbonyl (C=O) groups is 1. The zero-order chi connectivity index (χ0) is 19.9. The smallest absolute Gasteiger partial charge is 0.257 e. The molecule has 6 nitrogen and oxygen atoms in total. The first kappa shape index (κ1) is 19.0. The van der Waals surface area contributed by atoms with E-state index in [-0.39, 0.29) is 5.91 Å². The molecule has 2 aromatic heterocycles. The zero-order valence-corrected chi connectivity index (χ0v) is 16.2. The average molecular weight is 385 g/mol. The van der Waals surface area contributed by atoms with Crippen molar-refractivity contribution < 1.29 is 4.79 Å². The van der Waals surface area contributed by atoms with E-state index in [1.54, 1.807) is 24.8 Å². The molecule has 1 aliphatic rings. The van der Waals surface area contributed by atoms with Crippen LogP contribution in [-0.2, 0) is 0 Å². The van der Waals surface area contributed by atoms with E-state index < -0.39 is 0 Å². The molecule has 146 valence electrons. The molecule has 4 rings (SSSR count). The molecule has 6 heteroatoms. The molecule has 29 heavy (non-hydrogen) atoms. The van der Waals surface area contributed by atoms with Crippen molar-refractivity contribution in [3.63, 3.8) is 0 Å². The fourth-order valence-corrected chi connectivity index (χ4v) is 3.30. The van der Waals surface area contributed by atoms with Crippen LogP contribution in [0.25, 0.3) is 17.5 Å². The van der Waals surface area contributed by atoms with Gasteiger partial charge in [-0.2, -0.15) is 0 Å².